The number of aromatic nitrogens is 2. The number of benzene rings is 3. The normalized spacial score (nSPS) is 12.1. The minimum Gasteiger partial charge on any atom is -0.350 e. The van der Waals surface area contributed by atoms with Gasteiger partial charge in [0.2, 0.25) is 5.91 Å². The average Bonchev–Trinajstić information content (AvgIpc) is 3.20. The molecule has 0 aliphatic heterocycles. The highest BCUT2D eigenvalue weighted by molar-refractivity contribution is 6.04. The molecule has 4 aromatic rings. The topological polar surface area (TPSA) is 76.0 Å². The van der Waals surface area contributed by atoms with E-state index in [9.17, 15) is 18.4 Å². The number of rotatable bonds is 7. The first kappa shape index (κ1) is 24.1. The van der Waals surface area contributed by atoms with E-state index in [1.165, 1.54) is 6.33 Å². The Hall–Kier alpha value is -4.07. The Labute approximate surface area is 202 Å². The van der Waals surface area contributed by atoms with Crippen molar-refractivity contribution in [3.05, 3.63) is 95.3 Å². The van der Waals surface area contributed by atoms with Gasteiger partial charge in [0.15, 0.2) is 11.6 Å². The van der Waals surface area contributed by atoms with E-state index in [2.05, 4.69) is 15.6 Å². The molecule has 1 atom stereocenters. The number of fused-ring (bicyclic) bond motifs is 1. The molecule has 0 radical (unpaired) electrons. The molecule has 8 heteroatoms. The minimum absolute atomic E-state index is 0.138. The highest BCUT2D eigenvalue weighted by Crippen LogP contribution is 2.26. The summed E-state index contributed by atoms with van der Waals surface area (Å²) in [7, 11) is 0. The molecule has 0 spiro atoms. The van der Waals surface area contributed by atoms with Gasteiger partial charge in [-0.25, -0.2) is 13.8 Å². The molecular formula is C27H26F2N4O2. The van der Waals surface area contributed by atoms with Gasteiger partial charge in [-0.15, -0.1) is 0 Å². The number of anilines is 1. The number of amides is 2. The highest BCUT2D eigenvalue weighted by atomic mass is 19.2. The lowest BCUT2D eigenvalue weighted by molar-refractivity contribution is -0.125. The number of hydrogen-bond donors (Lipinski definition) is 2. The number of imidazole rings is 1. The SMILES string of the molecule is Cc1ccc(C(=O)Nc2cccc(CNC(=O)C(C(C)C)n3cnc4cc(F)c(F)cc43)c2)cc1. The van der Waals surface area contributed by atoms with E-state index in [0.29, 0.717) is 16.8 Å². The van der Waals surface area contributed by atoms with Gasteiger partial charge in [0.25, 0.3) is 5.91 Å². The first-order valence-electron chi connectivity index (χ1n) is 11.3. The Balaban J connectivity index is 1.47. The van der Waals surface area contributed by atoms with Crippen molar-refractivity contribution in [2.24, 2.45) is 5.92 Å². The van der Waals surface area contributed by atoms with Crippen molar-refractivity contribution < 1.29 is 18.4 Å². The Morgan fingerprint density at radius 2 is 1.71 bits per heavy atom. The molecule has 0 bridgehead atoms. The molecule has 1 heterocycles. The van der Waals surface area contributed by atoms with Crippen LogP contribution in [0.2, 0.25) is 0 Å². The molecule has 4 rings (SSSR count). The Morgan fingerprint density at radius 1 is 1.00 bits per heavy atom. The number of nitrogens with one attached hydrogen (secondary N) is 2. The number of hydrogen-bond acceptors (Lipinski definition) is 3. The number of carbonyl (C=O) groups excluding carboxylic acids is 2. The van der Waals surface area contributed by atoms with E-state index in [4.69, 9.17) is 0 Å². The molecule has 180 valence electrons. The van der Waals surface area contributed by atoms with E-state index in [0.717, 1.165) is 23.3 Å². The summed E-state index contributed by atoms with van der Waals surface area (Å²) < 4.78 is 29.0. The van der Waals surface area contributed by atoms with Crippen LogP contribution in [-0.4, -0.2) is 21.4 Å². The molecule has 35 heavy (non-hydrogen) atoms. The lowest BCUT2D eigenvalue weighted by Crippen LogP contribution is -2.35. The summed E-state index contributed by atoms with van der Waals surface area (Å²) in [6, 6.07) is 15.9. The molecule has 0 fully saturated rings. The molecule has 1 aromatic heterocycles. The lowest BCUT2D eigenvalue weighted by Gasteiger charge is -2.22. The predicted octanol–water partition coefficient (Wildman–Crippen LogP) is 5.39. The Morgan fingerprint density at radius 3 is 2.43 bits per heavy atom. The summed E-state index contributed by atoms with van der Waals surface area (Å²) in [6.45, 7) is 5.93. The van der Waals surface area contributed by atoms with Gasteiger partial charge in [0, 0.05) is 29.9 Å². The number of carbonyl (C=O) groups is 2. The second-order valence-corrected chi connectivity index (χ2v) is 8.83. The fourth-order valence-electron chi connectivity index (χ4n) is 3.96. The zero-order chi connectivity index (χ0) is 25.1. The van der Waals surface area contributed by atoms with E-state index >= 15 is 0 Å². The summed E-state index contributed by atoms with van der Waals surface area (Å²) in [5.74, 6) is -2.62. The highest BCUT2D eigenvalue weighted by Gasteiger charge is 2.26. The Kier molecular flexibility index (Phi) is 6.91. The van der Waals surface area contributed by atoms with Crippen LogP contribution >= 0.6 is 0 Å². The maximum absolute atomic E-state index is 13.8. The van der Waals surface area contributed by atoms with Crippen molar-refractivity contribution in [2.75, 3.05) is 5.32 Å². The van der Waals surface area contributed by atoms with Crippen LogP contribution in [0.4, 0.5) is 14.5 Å². The van der Waals surface area contributed by atoms with Crippen molar-refractivity contribution in [1.29, 1.82) is 0 Å². The van der Waals surface area contributed by atoms with Crippen LogP contribution < -0.4 is 10.6 Å². The second-order valence-electron chi connectivity index (χ2n) is 8.83. The van der Waals surface area contributed by atoms with Crippen LogP contribution in [-0.2, 0) is 11.3 Å². The molecule has 1 unspecified atom stereocenters. The van der Waals surface area contributed by atoms with Gasteiger partial charge in [-0.05, 0) is 42.7 Å². The lowest BCUT2D eigenvalue weighted by atomic mass is 10.0. The average molecular weight is 477 g/mol. The van der Waals surface area contributed by atoms with Crippen molar-refractivity contribution in [2.45, 2.75) is 33.4 Å². The molecule has 0 aliphatic rings. The van der Waals surface area contributed by atoms with Gasteiger partial charge in [-0.3, -0.25) is 9.59 Å². The number of halogens is 2. The van der Waals surface area contributed by atoms with Gasteiger partial charge in [-0.1, -0.05) is 43.7 Å². The second kappa shape index (κ2) is 10.0. The van der Waals surface area contributed by atoms with Crippen molar-refractivity contribution in [3.63, 3.8) is 0 Å². The fraction of sp³-hybridized carbons (Fsp3) is 0.222. The van der Waals surface area contributed by atoms with Gasteiger partial charge >= 0.3 is 0 Å². The molecule has 0 saturated heterocycles. The molecule has 6 nitrogen and oxygen atoms in total. The standard InChI is InChI=1S/C27H26F2N4O2/c1-16(2)25(33-15-31-23-12-21(28)22(29)13-24(23)33)27(35)30-14-18-5-4-6-20(11-18)32-26(34)19-9-7-17(3)8-10-19/h4-13,15-16,25H,14H2,1-3H3,(H,30,35)(H,32,34). The molecule has 3 aromatic carbocycles. The van der Waals surface area contributed by atoms with Crippen LogP contribution in [0.5, 0.6) is 0 Å². The van der Waals surface area contributed by atoms with E-state index in [1.54, 1.807) is 34.9 Å². The molecule has 0 saturated carbocycles. The monoisotopic (exact) mass is 476 g/mol. The zero-order valence-electron chi connectivity index (χ0n) is 19.7. The van der Waals surface area contributed by atoms with Crippen molar-refractivity contribution in [1.82, 2.24) is 14.9 Å². The van der Waals surface area contributed by atoms with Crippen molar-refractivity contribution in [3.8, 4) is 0 Å². The van der Waals surface area contributed by atoms with E-state index < -0.39 is 17.7 Å². The van der Waals surface area contributed by atoms with Gasteiger partial charge in [-0.2, -0.15) is 0 Å². The third-order valence-electron chi connectivity index (χ3n) is 5.78. The van der Waals surface area contributed by atoms with Crippen LogP contribution in [0, 0.1) is 24.5 Å². The fourth-order valence-corrected chi connectivity index (χ4v) is 3.96. The smallest absolute Gasteiger partial charge is 0.255 e. The third kappa shape index (κ3) is 5.37. The first-order valence-corrected chi connectivity index (χ1v) is 11.3. The van der Waals surface area contributed by atoms with Crippen LogP contribution in [0.3, 0.4) is 0 Å². The summed E-state index contributed by atoms with van der Waals surface area (Å²) in [6.07, 6.45) is 1.43. The maximum atomic E-state index is 13.8. The van der Waals surface area contributed by atoms with Crippen LogP contribution in [0.15, 0.2) is 67.0 Å². The summed E-state index contributed by atoms with van der Waals surface area (Å²) in [4.78, 5) is 29.8. The molecule has 2 N–H and O–H groups in total. The number of nitrogens with zero attached hydrogens (tertiary/aromatic N) is 2. The zero-order valence-corrected chi connectivity index (χ0v) is 19.7. The van der Waals surface area contributed by atoms with E-state index in [1.807, 2.05) is 39.0 Å². The molecule has 2 amide bonds. The largest absolute Gasteiger partial charge is 0.350 e. The summed E-state index contributed by atoms with van der Waals surface area (Å²) in [5.41, 5.74) is 3.66. The first-order chi connectivity index (χ1) is 16.7. The van der Waals surface area contributed by atoms with Crippen molar-refractivity contribution >= 4 is 28.5 Å². The summed E-state index contributed by atoms with van der Waals surface area (Å²) in [5, 5.41) is 5.78. The third-order valence-corrected chi connectivity index (χ3v) is 5.78. The quantitative estimate of drug-likeness (QED) is 0.376. The molecule has 0 aliphatic carbocycles. The van der Waals surface area contributed by atoms with Gasteiger partial charge in [0.1, 0.15) is 6.04 Å². The predicted molar refractivity (Wildman–Crippen MR) is 131 cm³/mol. The summed E-state index contributed by atoms with van der Waals surface area (Å²) >= 11 is 0. The number of aryl methyl sites for hydroxylation is 1. The minimum atomic E-state index is -0.994. The van der Waals surface area contributed by atoms with Gasteiger partial charge < -0.3 is 15.2 Å². The molecular weight excluding hydrogens is 450 g/mol. The van der Waals surface area contributed by atoms with Gasteiger partial charge in [0.05, 0.1) is 17.4 Å². The van der Waals surface area contributed by atoms with Crippen LogP contribution in [0.1, 0.15) is 41.4 Å². The maximum Gasteiger partial charge on any atom is 0.255 e. The Bertz CT molecular complexity index is 1380. The van der Waals surface area contributed by atoms with Crippen LogP contribution in [0.25, 0.3) is 11.0 Å². The van der Waals surface area contributed by atoms with E-state index in [-0.39, 0.29) is 29.8 Å².